The maximum absolute atomic E-state index is 13.2. The highest BCUT2D eigenvalue weighted by molar-refractivity contribution is 5.34. The van der Waals surface area contributed by atoms with Crippen LogP contribution in [-0.4, -0.2) is 17.3 Å². The molecular formula is C20H23F2NO. The number of aliphatic hydroxyl groups excluding tert-OH is 1. The van der Waals surface area contributed by atoms with Gasteiger partial charge in [0.15, 0.2) is 0 Å². The summed E-state index contributed by atoms with van der Waals surface area (Å²) in [4.78, 5) is 0. The van der Waals surface area contributed by atoms with Gasteiger partial charge in [0.25, 0.3) is 0 Å². The molecule has 0 saturated heterocycles. The van der Waals surface area contributed by atoms with Crippen LogP contribution >= 0.6 is 0 Å². The highest BCUT2D eigenvalue weighted by Gasteiger charge is 2.24. The summed E-state index contributed by atoms with van der Waals surface area (Å²) in [7, 11) is 0. The first-order chi connectivity index (χ1) is 11.5. The lowest BCUT2D eigenvalue weighted by molar-refractivity contribution is 0.114. The van der Waals surface area contributed by atoms with Crippen LogP contribution in [0.5, 0.6) is 0 Å². The summed E-state index contributed by atoms with van der Waals surface area (Å²) in [6, 6.07) is 10.0. The molecule has 1 aliphatic rings. The molecule has 0 bridgehead atoms. The van der Waals surface area contributed by atoms with Crippen molar-refractivity contribution in [1.82, 2.24) is 5.32 Å². The Bertz CT molecular complexity index is 697. The van der Waals surface area contributed by atoms with Gasteiger partial charge in [-0.25, -0.2) is 8.78 Å². The molecule has 2 aromatic carbocycles. The van der Waals surface area contributed by atoms with E-state index in [1.807, 2.05) is 0 Å². The van der Waals surface area contributed by atoms with E-state index in [1.54, 1.807) is 0 Å². The van der Waals surface area contributed by atoms with Crippen LogP contribution in [0.15, 0.2) is 36.4 Å². The zero-order chi connectivity index (χ0) is 17.1. The summed E-state index contributed by atoms with van der Waals surface area (Å²) >= 11 is 0. The third-order valence-electron chi connectivity index (χ3n) is 4.79. The number of aliphatic hydroxyl groups is 1. The van der Waals surface area contributed by atoms with E-state index in [1.165, 1.54) is 28.8 Å². The van der Waals surface area contributed by atoms with Gasteiger partial charge in [-0.2, -0.15) is 0 Å². The van der Waals surface area contributed by atoms with Crippen LogP contribution in [0.1, 0.15) is 35.6 Å². The normalized spacial score (nSPS) is 18.2. The van der Waals surface area contributed by atoms with Crippen molar-refractivity contribution in [3.63, 3.8) is 0 Å². The predicted molar refractivity (Wildman–Crippen MR) is 90.8 cm³/mol. The maximum Gasteiger partial charge on any atom is 0.126 e. The van der Waals surface area contributed by atoms with Gasteiger partial charge >= 0.3 is 0 Å². The number of hydrogen-bond donors (Lipinski definition) is 2. The lowest BCUT2D eigenvalue weighted by Gasteiger charge is -2.30. The molecule has 0 spiro atoms. The van der Waals surface area contributed by atoms with Crippen LogP contribution in [0.4, 0.5) is 8.78 Å². The molecule has 0 radical (unpaired) electrons. The van der Waals surface area contributed by atoms with Gasteiger partial charge in [-0.3, -0.25) is 0 Å². The van der Waals surface area contributed by atoms with Crippen LogP contribution in [-0.2, 0) is 25.8 Å². The molecule has 3 rings (SSSR count). The molecule has 2 atom stereocenters. The van der Waals surface area contributed by atoms with Crippen molar-refractivity contribution >= 4 is 0 Å². The van der Waals surface area contributed by atoms with E-state index in [0.717, 1.165) is 25.5 Å². The van der Waals surface area contributed by atoms with Gasteiger partial charge in [0, 0.05) is 18.7 Å². The Kier molecular flexibility index (Phi) is 5.27. The van der Waals surface area contributed by atoms with E-state index >= 15 is 0 Å². The Labute approximate surface area is 141 Å². The molecule has 128 valence electrons. The van der Waals surface area contributed by atoms with Crippen LogP contribution in [0, 0.1) is 11.6 Å². The maximum atomic E-state index is 13.2. The standard InChI is InChI=1S/C20H23F2NO/c1-2-13-3-5-15-12-23-19(10-16(15)7-13)20(24)6-4-14-8-17(21)11-18(22)9-14/h3,5,7-9,11,19-20,23-24H,2,4,6,10,12H2,1H3. The predicted octanol–water partition coefficient (Wildman–Crippen LogP) is 3.54. The molecular weight excluding hydrogens is 308 g/mol. The summed E-state index contributed by atoms with van der Waals surface area (Å²) < 4.78 is 26.5. The zero-order valence-corrected chi connectivity index (χ0v) is 13.9. The fourth-order valence-electron chi connectivity index (χ4n) is 3.35. The molecule has 4 heteroatoms. The average Bonchev–Trinajstić information content (AvgIpc) is 2.57. The molecule has 0 aromatic heterocycles. The number of rotatable bonds is 5. The van der Waals surface area contributed by atoms with E-state index in [4.69, 9.17) is 0 Å². The Morgan fingerprint density at radius 3 is 2.54 bits per heavy atom. The Morgan fingerprint density at radius 2 is 1.83 bits per heavy atom. The molecule has 1 heterocycles. The Morgan fingerprint density at radius 1 is 1.08 bits per heavy atom. The van der Waals surface area contributed by atoms with E-state index in [0.29, 0.717) is 18.4 Å². The second-order valence-corrected chi connectivity index (χ2v) is 6.53. The number of aryl methyl sites for hydroxylation is 2. The average molecular weight is 331 g/mol. The number of fused-ring (bicyclic) bond motifs is 1. The van der Waals surface area contributed by atoms with E-state index in [9.17, 15) is 13.9 Å². The first-order valence-electron chi connectivity index (χ1n) is 8.52. The van der Waals surface area contributed by atoms with E-state index in [2.05, 4.69) is 30.4 Å². The Balaban J connectivity index is 1.62. The first-order valence-corrected chi connectivity index (χ1v) is 8.52. The SMILES string of the molecule is CCc1ccc2c(c1)CC(C(O)CCc1cc(F)cc(F)c1)NC2. The van der Waals surface area contributed by atoms with Crippen LogP contribution in [0.25, 0.3) is 0 Å². The van der Waals surface area contributed by atoms with E-state index in [-0.39, 0.29) is 6.04 Å². The van der Waals surface area contributed by atoms with Crippen LogP contribution in [0.2, 0.25) is 0 Å². The molecule has 2 nitrogen and oxygen atoms in total. The number of hydrogen-bond acceptors (Lipinski definition) is 2. The van der Waals surface area contributed by atoms with Gasteiger partial charge in [-0.05, 0) is 60.1 Å². The Hall–Kier alpha value is -1.78. The van der Waals surface area contributed by atoms with Gasteiger partial charge in [-0.1, -0.05) is 25.1 Å². The summed E-state index contributed by atoms with van der Waals surface area (Å²) in [6.07, 6.45) is 2.16. The van der Waals surface area contributed by atoms with Gasteiger partial charge in [-0.15, -0.1) is 0 Å². The summed E-state index contributed by atoms with van der Waals surface area (Å²) in [5, 5.41) is 13.8. The molecule has 0 amide bonds. The van der Waals surface area contributed by atoms with Gasteiger partial charge in [0.05, 0.1) is 6.10 Å². The van der Waals surface area contributed by atoms with Crippen LogP contribution in [0.3, 0.4) is 0 Å². The highest BCUT2D eigenvalue weighted by atomic mass is 19.1. The minimum absolute atomic E-state index is 0.0250. The summed E-state index contributed by atoms with van der Waals surface area (Å²) in [5.41, 5.74) is 4.45. The lowest BCUT2D eigenvalue weighted by Crippen LogP contribution is -2.44. The fraction of sp³-hybridized carbons (Fsp3) is 0.400. The van der Waals surface area contributed by atoms with Crippen molar-refractivity contribution in [2.24, 2.45) is 0 Å². The molecule has 2 unspecified atom stereocenters. The van der Waals surface area contributed by atoms with E-state index < -0.39 is 17.7 Å². The molecule has 24 heavy (non-hydrogen) atoms. The van der Waals surface area contributed by atoms with Crippen molar-refractivity contribution in [2.45, 2.75) is 51.3 Å². The smallest absolute Gasteiger partial charge is 0.126 e. The summed E-state index contributed by atoms with van der Waals surface area (Å²) in [6.45, 7) is 2.88. The largest absolute Gasteiger partial charge is 0.391 e. The first kappa shape index (κ1) is 17.1. The molecule has 2 aromatic rings. The number of halogens is 2. The van der Waals surface area contributed by atoms with Crippen molar-refractivity contribution in [3.8, 4) is 0 Å². The number of nitrogens with one attached hydrogen (secondary N) is 1. The quantitative estimate of drug-likeness (QED) is 0.878. The molecule has 2 N–H and O–H groups in total. The minimum Gasteiger partial charge on any atom is -0.391 e. The topological polar surface area (TPSA) is 32.3 Å². The minimum atomic E-state index is -0.573. The van der Waals surface area contributed by atoms with Crippen LogP contribution < -0.4 is 5.32 Å². The van der Waals surface area contributed by atoms with Crippen molar-refractivity contribution in [3.05, 3.63) is 70.3 Å². The van der Waals surface area contributed by atoms with Crippen molar-refractivity contribution in [1.29, 1.82) is 0 Å². The lowest BCUT2D eigenvalue weighted by atomic mass is 9.89. The zero-order valence-electron chi connectivity index (χ0n) is 13.9. The molecule has 0 saturated carbocycles. The van der Waals surface area contributed by atoms with Gasteiger partial charge in [0.1, 0.15) is 11.6 Å². The molecule has 0 fully saturated rings. The third kappa shape index (κ3) is 4.00. The fourth-order valence-corrected chi connectivity index (χ4v) is 3.35. The number of benzene rings is 2. The highest BCUT2D eigenvalue weighted by Crippen LogP contribution is 2.22. The van der Waals surface area contributed by atoms with Gasteiger partial charge < -0.3 is 10.4 Å². The van der Waals surface area contributed by atoms with Crippen molar-refractivity contribution in [2.75, 3.05) is 0 Å². The van der Waals surface area contributed by atoms with Gasteiger partial charge in [0.2, 0.25) is 0 Å². The molecule has 1 aliphatic heterocycles. The third-order valence-corrected chi connectivity index (χ3v) is 4.79. The summed E-state index contributed by atoms with van der Waals surface area (Å²) in [5.74, 6) is -1.15. The molecule has 0 aliphatic carbocycles. The second-order valence-electron chi connectivity index (χ2n) is 6.53. The monoisotopic (exact) mass is 331 g/mol. The second kappa shape index (κ2) is 7.41. The van der Waals surface area contributed by atoms with Crippen molar-refractivity contribution < 1.29 is 13.9 Å².